The molecule has 1 heterocycles. The van der Waals surface area contributed by atoms with E-state index >= 15 is 0 Å². The number of aliphatic hydroxyl groups is 1. The van der Waals surface area contributed by atoms with Gasteiger partial charge >= 0.3 is 0 Å². The van der Waals surface area contributed by atoms with E-state index < -0.39 is 6.10 Å². The third-order valence-corrected chi connectivity index (χ3v) is 3.82. The van der Waals surface area contributed by atoms with Crippen LogP contribution >= 0.6 is 11.3 Å². The Kier molecular flexibility index (Phi) is 4.39. The molecule has 2 aromatic rings. The van der Waals surface area contributed by atoms with Crippen molar-refractivity contribution in [3.05, 3.63) is 51.7 Å². The lowest BCUT2D eigenvalue weighted by Crippen LogP contribution is -2.00. The van der Waals surface area contributed by atoms with Crippen LogP contribution in [0.3, 0.4) is 0 Å². The summed E-state index contributed by atoms with van der Waals surface area (Å²) in [6.45, 7) is 1.99. The van der Waals surface area contributed by atoms with Crippen molar-refractivity contribution in [1.29, 1.82) is 0 Å². The van der Waals surface area contributed by atoms with Crippen LogP contribution in [0.4, 0.5) is 0 Å². The molecule has 0 fully saturated rings. The summed E-state index contributed by atoms with van der Waals surface area (Å²) in [5, 5.41) is 14.4. The van der Waals surface area contributed by atoms with E-state index in [9.17, 15) is 5.11 Å². The van der Waals surface area contributed by atoms with Gasteiger partial charge in [-0.25, -0.2) is 0 Å². The summed E-state index contributed by atoms with van der Waals surface area (Å²) in [5.74, 6) is 0.865. The van der Waals surface area contributed by atoms with Gasteiger partial charge in [-0.2, -0.15) is 11.3 Å². The van der Waals surface area contributed by atoms with Gasteiger partial charge in [-0.1, -0.05) is 6.07 Å². The summed E-state index contributed by atoms with van der Waals surface area (Å²) in [6, 6.07) is 7.95. The minimum atomic E-state index is -0.408. The molecule has 0 spiro atoms. The fourth-order valence-corrected chi connectivity index (χ4v) is 2.72. The largest absolute Gasteiger partial charge is 0.496 e. The molecule has 0 bridgehead atoms. The van der Waals surface area contributed by atoms with Crippen molar-refractivity contribution in [2.45, 2.75) is 25.9 Å². The number of aliphatic hydroxyl groups excluding tert-OH is 1. The molecule has 3 heteroatoms. The predicted octanol–water partition coefficient (Wildman–Crippen LogP) is 3.73. The van der Waals surface area contributed by atoms with Gasteiger partial charge in [0, 0.05) is 0 Å². The molecule has 18 heavy (non-hydrogen) atoms. The highest BCUT2D eigenvalue weighted by Crippen LogP contribution is 2.25. The van der Waals surface area contributed by atoms with Crippen LogP contribution < -0.4 is 4.74 Å². The van der Waals surface area contributed by atoms with Crippen molar-refractivity contribution in [3.63, 3.8) is 0 Å². The Morgan fingerprint density at radius 2 is 2.17 bits per heavy atom. The SMILES string of the molecule is COc1ccc(C(O)CCc2ccsc2)cc1C. The lowest BCUT2D eigenvalue weighted by atomic mass is 10.0. The van der Waals surface area contributed by atoms with Crippen LogP contribution in [0.25, 0.3) is 0 Å². The standard InChI is InChI=1S/C15H18O2S/c1-11-9-13(4-6-15(11)17-2)14(16)5-3-12-7-8-18-10-12/h4,6-10,14,16H,3,5H2,1-2H3. The van der Waals surface area contributed by atoms with Gasteiger partial charge in [0.2, 0.25) is 0 Å². The number of hydrogen-bond acceptors (Lipinski definition) is 3. The molecule has 96 valence electrons. The van der Waals surface area contributed by atoms with E-state index in [0.717, 1.165) is 29.7 Å². The molecule has 1 N–H and O–H groups in total. The third-order valence-electron chi connectivity index (χ3n) is 3.09. The van der Waals surface area contributed by atoms with Crippen LogP contribution in [0.5, 0.6) is 5.75 Å². The average molecular weight is 262 g/mol. The minimum Gasteiger partial charge on any atom is -0.496 e. The van der Waals surface area contributed by atoms with Crippen LogP contribution in [-0.4, -0.2) is 12.2 Å². The topological polar surface area (TPSA) is 29.5 Å². The lowest BCUT2D eigenvalue weighted by Gasteiger charge is -2.13. The molecule has 0 aliphatic heterocycles. The molecule has 0 amide bonds. The Labute approximate surface area is 112 Å². The van der Waals surface area contributed by atoms with Gasteiger partial charge in [0.15, 0.2) is 0 Å². The molecule has 1 unspecified atom stereocenters. The van der Waals surface area contributed by atoms with E-state index in [1.54, 1.807) is 18.4 Å². The van der Waals surface area contributed by atoms with Crippen molar-refractivity contribution >= 4 is 11.3 Å². The van der Waals surface area contributed by atoms with Gasteiger partial charge in [-0.15, -0.1) is 0 Å². The molecule has 2 nitrogen and oxygen atoms in total. The van der Waals surface area contributed by atoms with Crippen LogP contribution in [0, 0.1) is 6.92 Å². The molecule has 0 aliphatic carbocycles. The van der Waals surface area contributed by atoms with Crippen LogP contribution in [0.1, 0.15) is 29.2 Å². The Morgan fingerprint density at radius 3 is 2.78 bits per heavy atom. The van der Waals surface area contributed by atoms with Crippen LogP contribution in [0.2, 0.25) is 0 Å². The van der Waals surface area contributed by atoms with E-state index in [1.807, 2.05) is 25.1 Å². The maximum Gasteiger partial charge on any atom is 0.121 e. The molecule has 0 radical (unpaired) electrons. The third kappa shape index (κ3) is 3.12. The van der Waals surface area contributed by atoms with Crippen molar-refractivity contribution < 1.29 is 9.84 Å². The van der Waals surface area contributed by atoms with E-state index in [1.165, 1.54) is 5.56 Å². The number of thiophene rings is 1. The monoisotopic (exact) mass is 262 g/mol. The number of ether oxygens (including phenoxy) is 1. The first kappa shape index (κ1) is 13.1. The Morgan fingerprint density at radius 1 is 1.33 bits per heavy atom. The van der Waals surface area contributed by atoms with Crippen LogP contribution in [-0.2, 0) is 6.42 Å². The second-order valence-electron chi connectivity index (χ2n) is 4.42. The Balaban J connectivity index is 2.00. The number of benzene rings is 1. The smallest absolute Gasteiger partial charge is 0.121 e. The van der Waals surface area contributed by atoms with Gasteiger partial charge in [-0.3, -0.25) is 0 Å². The second-order valence-corrected chi connectivity index (χ2v) is 5.20. The first-order chi connectivity index (χ1) is 8.70. The van der Waals surface area contributed by atoms with Gasteiger partial charge in [0.25, 0.3) is 0 Å². The van der Waals surface area contributed by atoms with Crippen molar-refractivity contribution in [2.75, 3.05) is 7.11 Å². The molecule has 1 atom stereocenters. The zero-order chi connectivity index (χ0) is 13.0. The first-order valence-electron chi connectivity index (χ1n) is 6.04. The number of methoxy groups -OCH3 is 1. The van der Waals surface area contributed by atoms with Gasteiger partial charge < -0.3 is 9.84 Å². The van der Waals surface area contributed by atoms with E-state index in [-0.39, 0.29) is 0 Å². The summed E-state index contributed by atoms with van der Waals surface area (Å²) in [7, 11) is 1.66. The summed E-state index contributed by atoms with van der Waals surface area (Å²) >= 11 is 1.70. The van der Waals surface area contributed by atoms with E-state index in [2.05, 4.69) is 16.8 Å². The normalized spacial score (nSPS) is 12.4. The summed E-state index contributed by atoms with van der Waals surface area (Å²) in [4.78, 5) is 0. The van der Waals surface area contributed by atoms with Gasteiger partial charge in [-0.05, 0) is 65.4 Å². The van der Waals surface area contributed by atoms with Crippen molar-refractivity contribution in [1.82, 2.24) is 0 Å². The second kappa shape index (κ2) is 6.03. The first-order valence-corrected chi connectivity index (χ1v) is 6.98. The van der Waals surface area contributed by atoms with Gasteiger partial charge in [0.1, 0.15) is 5.75 Å². The lowest BCUT2D eigenvalue weighted by molar-refractivity contribution is 0.167. The maximum atomic E-state index is 10.2. The number of rotatable bonds is 5. The molecular formula is C15H18O2S. The summed E-state index contributed by atoms with van der Waals surface area (Å²) in [5.41, 5.74) is 3.32. The highest BCUT2D eigenvalue weighted by molar-refractivity contribution is 7.07. The van der Waals surface area contributed by atoms with E-state index in [0.29, 0.717) is 0 Å². The highest BCUT2D eigenvalue weighted by Gasteiger charge is 2.09. The molecule has 1 aromatic carbocycles. The molecule has 1 aromatic heterocycles. The Hall–Kier alpha value is -1.32. The zero-order valence-electron chi connectivity index (χ0n) is 10.7. The Bertz CT molecular complexity index is 491. The minimum absolute atomic E-state index is 0.408. The summed E-state index contributed by atoms with van der Waals surface area (Å²) < 4.78 is 5.22. The predicted molar refractivity (Wildman–Crippen MR) is 75.3 cm³/mol. The quantitative estimate of drug-likeness (QED) is 0.889. The average Bonchev–Trinajstić information content (AvgIpc) is 2.89. The molecule has 2 rings (SSSR count). The molecule has 0 aliphatic rings. The summed E-state index contributed by atoms with van der Waals surface area (Å²) in [6.07, 6.45) is 1.26. The molecule has 0 saturated heterocycles. The highest BCUT2D eigenvalue weighted by atomic mass is 32.1. The number of hydrogen-bond donors (Lipinski definition) is 1. The zero-order valence-corrected chi connectivity index (χ0v) is 11.5. The van der Waals surface area contributed by atoms with Crippen molar-refractivity contribution in [3.8, 4) is 5.75 Å². The van der Waals surface area contributed by atoms with Crippen LogP contribution in [0.15, 0.2) is 35.0 Å². The maximum absolute atomic E-state index is 10.2. The van der Waals surface area contributed by atoms with E-state index in [4.69, 9.17) is 4.74 Å². The van der Waals surface area contributed by atoms with Crippen molar-refractivity contribution in [2.24, 2.45) is 0 Å². The number of aryl methyl sites for hydroxylation is 2. The molecular weight excluding hydrogens is 244 g/mol. The fourth-order valence-electron chi connectivity index (χ4n) is 2.01. The molecule has 0 saturated carbocycles. The fraction of sp³-hybridized carbons (Fsp3) is 0.333. The van der Waals surface area contributed by atoms with Gasteiger partial charge in [0.05, 0.1) is 13.2 Å².